The average Bonchev–Trinajstić information content (AvgIpc) is 2.97. The van der Waals surface area contributed by atoms with Crippen LogP contribution >= 0.6 is 0 Å². The molecule has 124 valence electrons. The van der Waals surface area contributed by atoms with Gasteiger partial charge in [0.05, 0.1) is 7.11 Å². The van der Waals surface area contributed by atoms with Gasteiger partial charge in [0.25, 0.3) is 0 Å². The van der Waals surface area contributed by atoms with Gasteiger partial charge in [-0.3, -0.25) is 0 Å². The third-order valence-electron chi connectivity index (χ3n) is 4.68. The zero-order chi connectivity index (χ0) is 15.3. The number of hydrogen-bond donors (Lipinski definition) is 0. The molecule has 1 fully saturated rings. The summed E-state index contributed by atoms with van der Waals surface area (Å²) in [5, 5.41) is 0. The van der Waals surface area contributed by atoms with Crippen molar-refractivity contribution in [3.63, 3.8) is 0 Å². The number of carbonyl (C=O) groups excluding carboxylic acids is 1. The smallest absolute Gasteiger partial charge is 0.409 e. The van der Waals surface area contributed by atoms with Crippen LogP contribution in [-0.4, -0.2) is 31.2 Å². The fourth-order valence-corrected chi connectivity index (χ4v) is 3.28. The Morgan fingerprint density at radius 1 is 1.00 bits per heavy atom. The van der Waals surface area contributed by atoms with E-state index in [9.17, 15) is 4.79 Å². The van der Waals surface area contributed by atoms with E-state index in [1.165, 1.54) is 77.7 Å². The third kappa shape index (κ3) is 8.33. The van der Waals surface area contributed by atoms with Gasteiger partial charge in [-0.1, -0.05) is 71.1 Å². The zero-order valence-electron chi connectivity index (χ0n) is 14.2. The van der Waals surface area contributed by atoms with Crippen LogP contribution in [0.5, 0.6) is 0 Å². The van der Waals surface area contributed by atoms with E-state index in [1.54, 1.807) is 0 Å². The summed E-state index contributed by atoms with van der Waals surface area (Å²) in [6.45, 7) is 4.06. The Kier molecular flexibility index (Phi) is 10.4. The highest BCUT2D eigenvalue weighted by atomic mass is 16.5. The molecule has 0 radical (unpaired) electrons. The Balaban J connectivity index is 1.86. The monoisotopic (exact) mass is 297 g/mol. The van der Waals surface area contributed by atoms with Gasteiger partial charge in [0.2, 0.25) is 0 Å². The Hall–Kier alpha value is -0.730. The van der Waals surface area contributed by atoms with Crippen molar-refractivity contribution in [3.05, 3.63) is 0 Å². The number of nitrogens with zero attached hydrogens (tertiary/aromatic N) is 1. The number of hydrogen-bond acceptors (Lipinski definition) is 2. The van der Waals surface area contributed by atoms with E-state index in [0.717, 1.165) is 19.5 Å². The molecular formula is C18H35NO2. The van der Waals surface area contributed by atoms with E-state index in [0.29, 0.717) is 5.92 Å². The maximum absolute atomic E-state index is 11.4. The van der Waals surface area contributed by atoms with Gasteiger partial charge in [0.15, 0.2) is 0 Å². The number of rotatable bonds is 11. The molecule has 3 nitrogen and oxygen atoms in total. The molecular weight excluding hydrogens is 262 g/mol. The normalized spacial score (nSPS) is 18.2. The minimum Gasteiger partial charge on any atom is -0.453 e. The van der Waals surface area contributed by atoms with Gasteiger partial charge >= 0.3 is 6.09 Å². The van der Waals surface area contributed by atoms with Crippen LogP contribution in [0.15, 0.2) is 0 Å². The Morgan fingerprint density at radius 3 is 2.14 bits per heavy atom. The minimum atomic E-state index is -0.152. The van der Waals surface area contributed by atoms with Crippen molar-refractivity contribution in [1.29, 1.82) is 0 Å². The zero-order valence-corrected chi connectivity index (χ0v) is 14.2. The fourth-order valence-electron chi connectivity index (χ4n) is 3.28. The lowest BCUT2D eigenvalue weighted by molar-refractivity contribution is 0.131. The average molecular weight is 297 g/mol. The molecule has 1 saturated heterocycles. The molecule has 1 atom stereocenters. The molecule has 0 saturated carbocycles. The van der Waals surface area contributed by atoms with Crippen LogP contribution in [0.25, 0.3) is 0 Å². The van der Waals surface area contributed by atoms with Crippen LogP contribution in [0.3, 0.4) is 0 Å². The molecule has 0 spiro atoms. The van der Waals surface area contributed by atoms with Crippen LogP contribution in [0.1, 0.15) is 84.0 Å². The first-order chi connectivity index (χ1) is 10.3. The van der Waals surface area contributed by atoms with Crippen molar-refractivity contribution < 1.29 is 9.53 Å². The van der Waals surface area contributed by atoms with Crippen LogP contribution in [0, 0.1) is 5.92 Å². The summed E-state index contributed by atoms with van der Waals surface area (Å²) < 4.78 is 4.77. The van der Waals surface area contributed by atoms with Crippen molar-refractivity contribution in [2.24, 2.45) is 5.92 Å². The lowest BCUT2D eigenvalue weighted by Crippen LogP contribution is -2.28. The summed E-state index contributed by atoms with van der Waals surface area (Å²) in [4.78, 5) is 13.3. The molecule has 21 heavy (non-hydrogen) atoms. The van der Waals surface area contributed by atoms with Crippen molar-refractivity contribution >= 4 is 6.09 Å². The number of ether oxygens (including phenoxy) is 1. The molecule has 1 amide bonds. The molecule has 1 heterocycles. The van der Waals surface area contributed by atoms with Crippen LogP contribution in [0.2, 0.25) is 0 Å². The molecule has 0 aromatic rings. The lowest BCUT2D eigenvalue weighted by Gasteiger charge is -2.14. The largest absolute Gasteiger partial charge is 0.453 e. The summed E-state index contributed by atoms with van der Waals surface area (Å²) in [5.41, 5.74) is 0. The first kappa shape index (κ1) is 18.3. The molecule has 1 rings (SSSR count). The van der Waals surface area contributed by atoms with Gasteiger partial charge in [-0.15, -0.1) is 0 Å². The second-order valence-corrected chi connectivity index (χ2v) is 6.54. The lowest BCUT2D eigenvalue weighted by atomic mass is 9.99. The maximum atomic E-state index is 11.4. The minimum absolute atomic E-state index is 0.152. The topological polar surface area (TPSA) is 29.5 Å². The second-order valence-electron chi connectivity index (χ2n) is 6.54. The predicted molar refractivity (Wildman–Crippen MR) is 88.5 cm³/mol. The molecule has 0 N–H and O–H groups in total. The van der Waals surface area contributed by atoms with Crippen molar-refractivity contribution in [1.82, 2.24) is 4.90 Å². The van der Waals surface area contributed by atoms with Gasteiger partial charge in [-0.05, 0) is 18.8 Å². The van der Waals surface area contributed by atoms with E-state index in [4.69, 9.17) is 4.74 Å². The molecule has 1 aliphatic rings. The van der Waals surface area contributed by atoms with Gasteiger partial charge < -0.3 is 9.64 Å². The number of amides is 1. The Bertz CT molecular complexity index is 268. The maximum Gasteiger partial charge on any atom is 0.409 e. The highest BCUT2D eigenvalue weighted by molar-refractivity contribution is 5.67. The summed E-state index contributed by atoms with van der Waals surface area (Å²) in [6, 6.07) is 0. The number of methoxy groups -OCH3 is 1. The van der Waals surface area contributed by atoms with E-state index in [2.05, 4.69) is 6.92 Å². The van der Waals surface area contributed by atoms with Crippen LogP contribution in [0.4, 0.5) is 4.79 Å². The van der Waals surface area contributed by atoms with Gasteiger partial charge in [0.1, 0.15) is 0 Å². The predicted octanol–water partition coefficient (Wildman–Crippen LogP) is 5.39. The third-order valence-corrected chi connectivity index (χ3v) is 4.68. The summed E-state index contributed by atoms with van der Waals surface area (Å²) in [7, 11) is 1.47. The molecule has 1 unspecified atom stereocenters. The Labute approximate surface area is 131 Å². The summed E-state index contributed by atoms with van der Waals surface area (Å²) in [5.74, 6) is 0.707. The number of likely N-dealkylation sites (tertiary alicyclic amines) is 1. The van der Waals surface area contributed by atoms with Crippen LogP contribution in [-0.2, 0) is 4.74 Å². The van der Waals surface area contributed by atoms with E-state index < -0.39 is 0 Å². The van der Waals surface area contributed by atoms with E-state index in [1.807, 2.05) is 4.90 Å². The summed E-state index contributed by atoms with van der Waals surface area (Å²) in [6.07, 6.45) is 16.2. The van der Waals surface area contributed by atoms with Crippen molar-refractivity contribution in [2.75, 3.05) is 20.2 Å². The summed E-state index contributed by atoms with van der Waals surface area (Å²) >= 11 is 0. The molecule has 0 bridgehead atoms. The highest BCUT2D eigenvalue weighted by Crippen LogP contribution is 2.23. The second kappa shape index (κ2) is 11.9. The quantitative estimate of drug-likeness (QED) is 0.479. The first-order valence-electron chi connectivity index (χ1n) is 9.10. The van der Waals surface area contributed by atoms with Gasteiger partial charge in [-0.25, -0.2) is 4.79 Å². The standard InChI is InChI=1S/C18H35NO2/c1-3-4-5-6-7-8-9-10-11-12-13-17-14-15-19(16-17)18(20)21-2/h17H,3-16H2,1-2H3. The van der Waals surface area contributed by atoms with Crippen LogP contribution < -0.4 is 0 Å². The van der Waals surface area contributed by atoms with Gasteiger partial charge in [-0.2, -0.15) is 0 Å². The number of carbonyl (C=O) groups is 1. The molecule has 3 heteroatoms. The van der Waals surface area contributed by atoms with Crippen molar-refractivity contribution in [2.45, 2.75) is 84.0 Å². The van der Waals surface area contributed by atoms with E-state index in [-0.39, 0.29) is 6.09 Å². The molecule has 1 aliphatic heterocycles. The molecule has 0 aromatic heterocycles. The molecule has 0 aromatic carbocycles. The molecule has 0 aliphatic carbocycles. The SMILES string of the molecule is CCCCCCCCCCCCC1CCN(C(=O)OC)C1. The fraction of sp³-hybridized carbons (Fsp3) is 0.944. The van der Waals surface area contributed by atoms with Gasteiger partial charge in [0, 0.05) is 13.1 Å². The number of unbranched alkanes of at least 4 members (excludes halogenated alkanes) is 9. The van der Waals surface area contributed by atoms with E-state index >= 15 is 0 Å². The Morgan fingerprint density at radius 2 is 1.57 bits per heavy atom. The highest BCUT2D eigenvalue weighted by Gasteiger charge is 2.25. The van der Waals surface area contributed by atoms with Crippen molar-refractivity contribution in [3.8, 4) is 0 Å². The first-order valence-corrected chi connectivity index (χ1v) is 9.10.